The zero-order chi connectivity index (χ0) is 13.5. The summed E-state index contributed by atoms with van der Waals surface area (Å²) in [6.45, 7) is 6.50. The number of hydrogen-bond acceptors (Lipinski definition) is 3. The largest absolute Gasteiger partial charge is 0.381 e. The third kappa shape index (κ3) is 4.94. The fourth-order valence-corrected chi connectivity index (χ4v) is 2.60. The van der Waals surface area contributed by atoms with Crippen molar-refractivity contribution in [2.45, 2.75) is 45.6 Å². The van der Waals surface area contributed by atoms with Gasteiger partial charge >= 0.3 is 0 Å². The number of nitrogens with zero attached hydrogens (tertiary/aromatic N) is 1. The van der Waals surface area contributed by atoms with Gasteiger partial charge in [0, 0.05) is 32.7 Å². The molecule has 2 N–H and O–H groups in total. The summed E-state index contributed by atoms with van der Waals surface area (Å²) in [7, 11) is 1.92. The lowest BCUT2D eigenvalue weighted by Crippen LogP contribution is -2.41. The minimum atomic E-state index is 0.234. The Morgan fingerprint density at radius 1 is 1.39 bits per heavy atom. The summed E-state index contributed by atoms with van der Waals surface area (Å²) in [5.41, 5.74) is 5.76. The highest BCUT2D eigenvalue weighted by atomic mass is 16.5. The standard InChI is InChI=1S/C14H28N2O2/c1-11(2)8-12(10-15)9-14(17)16(3)13-4-6-18-7-5-13/h11-13H,4-10,15H2,1-3H3/t12-/m0/s1. The first-order chi connectivity index (χ1) is 8.54. The van der Waals surface area contributed by atoms with E-state index in [-0.39, 0.29) is 5.91 Å². The van der Waals surface area contributed by atoms with Crippen molar-refractivity contribution in [1.29, 1.82) is 0 Å². The van der Waals surface area contributed by atoms with Crippen molar-refractivity contribution < 1.29 is 9.53 Å². The minimum absolute atomic E-state index is 0.234. The van der Waals surface area contributed by atoms with E-state index in [1.165, 1.54) is 0 Å². The molecule has 1 rings (SSSR count). The molecule has 1 aliphatic heterocycles. The molecule has 1 atom stereocenters. The Morgan fingerprint density at radius 2 is 2.00 bits per heavy atom. The Labute approximate surface area is 111 Å². The maximum Gasteiger partial charge on any atom is 0.222 e. The predicted octanol–water partition coefficient (Wildman–Crippen LogP) is 1.63. The molecule has 106 valence electrons. The molecule has 0 aromatic rings. The predicted molar refractivity (Wildman–Crippen MR) is 73.2 cm³/mol. The van der Waals surface area contributed by atoms with E-state index in [4.69, 9.17) is 10.5 Å². The molecule has 1 heterocycles. The summed E-state index contributed by atoms with van der Waals surface area (Å²) in [4.78, 5) is 14.1. The molecule has 0 bridgehead atoms. The molecule has 1 saturated heterocycles. The Kier molecular flexibility index (Phi) is 6.65. The molecule has 1 fully saturated rings. The van der Waals surface area contributed by atoms with Crippen LogP contribution < -0.4 is 5.73 Å². The number of hydrogen-bond donors (Lipinski definition) is 1. The van der Waals surface area contributed by atoms with Gasteiger partial charge in [0.1, 0.15) is 0 Å². The van der Waals surface area contributed by atoms with Crippen LogP contribution in [-0.4, -0.2) is 43.7 Å². The monoisotopic (exact) mass is 256 g/mol. The SMILES string of the molecule is CC(C)C[C@H](CN)CC(=O)N(C)C1CCOCC1. The summed E-state index contributed by atoms with van der Waals surface area (Å²) in [6, 6.07) is 0.351. The van der Waals surface area contributed by atoms with Crippen LogP contribution in [-0.2, 0) is 9.53 Å². The molecule has 0 saturated carbocycles. The van der Waals surface area contributed by atoms with Crippen molar-refractivity contribution in [2.24, 2.45) is 17.6 Å². The van der Waals surface area contributed by atoms with Crippen LogP contribution in [0.3, 0.4) is 0 Å². The van der Waals surface area contributed by atoms with Crippen LogP contribution in [0, 0.1) is 11.8 Å². The van der Waals surface area contributed by atoms with Gasteiger partial charge < -0.3 is 15.4 Å². The molecule has 4 heteroatoms. The Hall–Kier alpha value is -0.610. The summed E-state index contributed by atoms with van der Waals surface area (Å²) in [5.74, 6) is 1.15. The van der Waals surface area contributed by atoms with Gasteiger partial charge in [-0.05, 0) is 37.6 Å². The van der Waals surface area contributed by atoms with E-state index < -0.39 is 0 Å². The number of carbonyl (C=O) groups excluding carboxylic acids is 1. The molecular weight excluding hydrogens is 228 g/mol. The second kappa shape index (κ2) is 7.74. The van der Waals surface area contributed by atoms with E-state index in [0.717, 1.165) is 32.5 Å². The van der Waals surface area contributed by atoms with Crippen LogP contribution in [0.4, 0.5) is 0 Å². The molecule has 4 nitrogen and oxygen atoms in total. The second-order valence-corrected chi connectivity index (χ2v) is 5.78. The zero-order valence-corrected chi connectivity index (χ0v) is 12.0. The molecule has 1 aliphatic rings. The van der Waals surface area contributed by atoms with E-state index in [9.17, 15) is 4.79 Å². The van der Waals surface area contributed by atoms with Crippen LogP contribution in [0.5, 0.6) is 0 Å². The van der Waals surface area contributed by atoms with Gasteiger partial charge in [0.05, 0.1) is 0 Å². The molecule has 0 aliphatic carbocycles. The van der Waals surface area contributed by atoms with Gasteiger partial charge in [-0.15, -0.1) is 0 Å². The highest BCUT2D eigenvalue weighted by Crippen LogP contribution is 2.18. The quantitative estimate of drug-likeness (QED) is 0.786. The third-order valence-corrected chi connectivity index (χ3v) is 3.73. The van der Waals surface area contributed by atoms with Gasteiger partial charge in [0.15, 0.2) is 0 Å². The van der Waals surface area contributed by atoms with E-state index in [1.807, 2.05) is 11.9 Å². The summed E-state index contributed by atoms with van der Waals surface area (Å²) < 4.78 is 5.33. The van der Waals surface area contributed by atoms with Crippen molar-refractivity contribution in [3.05, 3.63) is 0 Å². The van der Waals surface area contributed by atoms with Gasteiger partial charge in [-0.1, -0.05) is 13.8 Å². The van der Waals surface area contributed by atoms with E-state index in [1.54, 1.807) is 0 Å². The van der Waals surface area contributed by atoms with Crippen molar-refractivity contribution >= 4 is 5.91 Å². The number of carbonyl (C=O) groups is 1. The lowest BCUT2D eigenvalue weighted by atomic mass is 9.93. The van der Waals surface area contributed by atoms with Gasteiger partial charge in [-0.25, -0.2) is 0 Å². The topological polar surface area (TPSA) is 55.6 Å². The zero-order valence-electron chi connectivity index (χ0n) is 12.0. The maximum atomic E-state index is 12.2. The van der Waals surface area contributed by atoms with Crippen LogP contribution in [0.2, 0.25) is 0 Å². The van der Waals surface area contributed by atoms with E-state index in [2.05, 4.69) is 13.8 Å². The first-order valence-electron chi connectivity index (χ1n) is 7.08. The van der Waals surface area contributed by atoms with Gasteiger partial charge in [0.25, 0.3) is 0 Å². The average molecular weight is 256 g/mol. The minimum Gasteiger partial charge on any atom is -0.381 e. The van der Waals surface area contributed by atoms with Crippen LogP contribution in [0.1, 0.15) is 39.5 Å². The highest BCUT2D eigenvalue weighted by molar-refractivity contribution is 5.76. The summed E-state index contributed by atoms with van der Waals surface area (Å²) >= 11 is 0. The van der Waals surface area contributed by atoms with Gasteiger partial charge in [0.2, 0.25) is 5.91 Å². The Balaban J connectivity index is 2.41. The van der Waals surface area contributed by atoms with E-state index in [0.29, 0.717) is 30.8 Å². The summed E-state index contributed by atoms with van der Waals surface area (Å²) in [6.07, 6.45) is 3.53. The van der Waals surface area contributed by atoms with E-state index >= 15 is 0 Å². The van der Waals surface area contributed by atoms with Crippen molar-refractivity contribution in [3.8, 4) is 0 Å². The molecule has 0 aromatic heterocycles. The molecule has 1 amide bonds. The molecule has 0 radical (unpaired) electrons. The van der Waals surface area contributed by atoms with Crippen LogP contribution in [0.15, 0.2) is 0 Å². The smallest absolute Gasteiger partial charge is 0.222 e. The first kappa shape index (κ1) is 15.4. The van der Waals surface area contributed by atoms with Gasteiger partial charge in [-0.2, -0.15) is 0 Å². The Bertz CT molecular complexity index is 250. The molecule has 0 unspecified atom stereocenters. The average Bonchev–Trinajstić information content (AvgIpc) is 2.37. The van der Waals surface area contributed by atoms with Crippen LogP contribution >= 0.6 is 0 Å². The second-order valence-electron chi connectivity index (χ2n) is 5.78. The molecular formula is C14H28N2O2. The van der Waals surface area contributed by atoms with Crippen molar-refractivity contribution in [3.63, 3.8) is 0 Å². The number of nitrogens with two attached hydrogens (primary N) is 1. The normalized spacial score (nSPS) is 18.9. The highest BCUT2D eigenvalue weighted by Gasteiger charge is 2.24. The molecule has 18 heavy (non-hydrogen) atoms. The fourth-order valence-electron chi connectivity index (χ4n) is 2.60. The lowest BCUT2D eigenvalue weighted by Gasteiger charge is -2.32. The lowest BCUT2D eigenvalue weighted by molar-refractivity contribution is -0.134. The maximum absolute atomic E-state index is 12.2. The first-order valence-corrected chi connectivity index (χ1v) is 7.08. The number of rotatable bonds is 6. The van der Waals surface area contributed by atoms with Crippen molar-refractivity contribution in [2.75, 3.05) is 26.8 Å². The fraction of sp³-hybridized carbons (Fsp3) is 0.929. The third-order valence-electron chi connectivity index (χ3n) is 3.73. The van der Waals surface area contributed by atoms with Crippen LogP contribution in [0.25, 0.3) is 0 Å². The molecule has 0 spiro atoms. The van der Waals surface area contributed by atoms with Crippen molar-refractivity contribution in [1.82, 2.24) is 4.90 Å². The number of amides is 1. The summed E-state index contributed by atoms with van der Waals surface area (Å²) in [5, 5.41) is 0. The Morgan fingerprint density at radius 3 is 2.50 bits per heavy atom. The number of ether oxygens (including phenoxy) is 1. The molecule has 0 aromatic carbocycles. The van der Waals surface area contributed by atoms with Gasteiger partial charge in [-0.3, -0.25) is 4.79 Å².